The summed E-state index contributed by atoms with van der Waals surface area (Å²) in [5, 5.41) is 3.75. The van der Waals surface area contributed by atoms with Gasteiger partial charge in [-0.3, -0.25) is 4.79 Å². The Bertz CT molecular complexity index is 1170. The average Bonchev–Trinajstić information content (AvgIpc) is 3.22. The quantitative estimate of drug-likeness (QED) is 0.502. The minimum Gasteiger partial charge on any atom is -0.299 e. The Balaban J connectivity index is 1.91. The zero-order chi connectivity index (χ0) is 22.6. The first-order valence-electron chi connectivity index (χ1n) is 9.43. The summed E-state index contributed by atoms with van der Waals surface area (Å²) >= 11 is 1.46. The molecule has 0 amide bonds. The summed E-state index contributed by atoms with van der Waals surface area (Å²) < 4.78 is 66.0. The molecule has 1 N–H and O–H groups in total. The van der Waals surface area contributed by atoms with Crippen LogP contribution in [0.25, 0.3) is 11.1 Å². The molecule has 0 aliphatic rings. The Morgan fingerprint density at radius 2 is 1.84 bits per heavy atom. The number of alkyl halides is 3. The van der Waals surface area contributed by atoms with Gasteiger partial charge in [-0.1, -0.05) is 31.2 Å². The second-order valence-corrected chi connectivity index (χ2v) is 9.47. The molecule has 0 unspecified atom stereocenters. The highest BCUT2D eigenvalue weighted by atomic mass is 32.2. The summed E-state index contributed by atoms with van der Waals surface area (Å²) in [6.07, 6.45) is -4.77. The number of halogens is 3. The van der Waals surface area contributed by atoms with Crippen LogP contribution in [-0.2, 0) is 33.8 Å². The lowest BCUT2D eigenvalue weighted by Crippen LogP contribution is -2.23. The number of carbonyl (C=O) groups excluding carboxylic acids is 1. The lowest BCUT2D eigenvalue weighted by atomic mass is 9.95. The Morgan fingerprint density at radius 1 is 1.06 bits per heavy atom. The third-order valence-corrected chi connectivity index (χ3v) is 6.82. The lowest BCUT2D eigenvalue weighted by Gasteiger charge is -2.12. The smallest absolute Gasteiger partial charge is 0.299 e. The standard InChI is InChI=1S/C22H20F3NO3S2/c1-2-26-31(28,29)20-6-7-21(16-8-9-30-14-16)17(13-20)12-19(27)11-15-4-3-5-18(10-15)22(23,24)25/h3-10,13-14,26H,2,11-12H2,1H3. The first kappa shape index (κ1) is 23.2. The zero-order valence-corrected chi connectivity index (χ0v) is 18.2. The summed E-state index contributed by atoms with van der Waals surface area (Å²) in [6, 6.07) is 11.1. The van der Waals surface area contributed by atoms with Crippen molar-refractivity contribution in [2.75, 3.05) is 6.54 Å². The van der Waals surface area contributed by atoms with Crippen LogP contribution < -0.4 is 4.72 Å². The van der Waals surface area contributed by atoms with Gasteiger partial charge in [0.2, 0.25) is 10.0 Å². The minimum absolute atomic E-state index is 0.0372. The van der Waals surface area contributed by atoms with Crippen LogP contribution in [0.2, 0.25) is 0 Å². The van der Waals surface area contributed by atoms with Gasteiger partial charge in [0.1, 0.15) is 5.78 Å². The maximum atomic E-state index is 12.9. The van der Waals surface area contributed by atoms with Crippen molar-refractivity contribution < 1.29 is 26.4 Å². The van der Waals surface area contributed by atoms with Gasteiger partial charge in [-0.05, 0) is 57.3 Å². The molecule has 0 saturated heterocycles. The molecule has 0 aliphatic heterocycles. The number of rotatable bonds is 8. The monoisotopic (exact) mass is 467 g/mol. The fraction of sp³-hybridized carbons (Fsp3) is 0.227. The summed E-state index contributed by atoms with van der Waals surface area (Å²) in [4.78, 5) is 12.7. The van der Waals surface area contributed by atoms with Crippen LogP contribution in [0.3, 0.4) is 0 Å². The fourth-order valence-electron chi connectivity index (χ4n) is 3.22. The molecule has 0 aliphatic carbocycles. The Labute approximate surface area is 182 Å². The van der Waals surface area contributed by atoms with Crippen LogP contribution in [0.15, 0.2) is 64.2 Å². The van der Waals surface area contributed by atoms with E-state index in [4.69, 9.17) is 0 Å². The lowest BCUT2D eigenvalue weighted by molar-refractivity contribution is -0.137. The molecular weight excluding hydrogens is 447 g/mol. The van der Waals surface area contributed by atoms with Crippen molar-refractivity contribution in [1.29, 1.82) is 0 Å². The molecule has 1 aromatic heterocycles. The Hall–Kier alpha value is -2.49. The van der Waals surface area contributed by atoms with Crippen LogP contribution >= 0.6 is 11.3 Å². The highest BCUT2D eigenvalue weighted by Gasteiger charge is 2.30. The number of thiophene rings is 1. The molecule has 0 fully saturated rings. The molecule has 0 saturated carbocycles. The molecule has 31 heavy (non-hydrogen) atoms. The van der Waals surface area contributed by atoms with Crippen LogP contribution in [0.1, 0.15) is 23.6 Å². The van der Waals surface area contributed by atoms with Gasteiger partial charge in [0.15, 0.2) is 0 Å². The van der Waals surface area contributed by atoms with Gasteiger partial charge >= 0.3 is 6.18 Å². The molecule has 0 atom stereocenters. The second kappa shape index (κ2) is 9.33. The Kier molecular flexibility index (Phi) is 6.98. The van der Waals surface area contributed by atoms with Gasteiger partial charge < -0.3 is 0 Å². The van der Waals surface area contributed by atoms with Gasteiger partial charge in [-0.2, -0.15) is 24.5 Å². The molecular formula is C22H20F3NO3S2. The number of sulfonamides is 1. The molecule has 1 heterocycles. The van der Waals surface area contributed by atoms with Gasteiger partial charge in [0.05, 0.1) is 10.5 Å². The largest absolute Gasteiger partial charge is 0.416 e. The second-order valence-electron chi connectivity index (χ2n) is 6.92. The number of ketones is 1. The van der Waals surface area contributed by atoms with Gasteiger partial charge in [0.25, 0.3) is 0 Å². The van der Waals surface area contributed by atoms with Crippen LogP contribution in [-0.4, -0.2) is 20.7 Å². The van der Waals surface area contributed by atoms with Gasteiger partial charge in [0, 0.05) is 19.4 Å². The van der Waals surface area contributed by atoms with E-state index in [1.807, 2.05) is 16.8 Å². The predicted molar refractivity (Wildman–Crippen MR) is 114 cm³/mol. The SMILES string of the molecule is CCNS(=O)(=O)c1ccc(-c2ccsc2)c(CC(=O)Cc2cccc(C(F)(F)F)c2)c1. The molecule has 3 rings (SSSR count). The summed E-state index contributed by atoms with van der Waals surface area (Å²) in [6.45, 7) is 1.88. The number of carbonyl (C=O) groups is 1. The van der Waals surface area contributed by atoms with Crippen molar-refractivity contribution >= 4 is 27.1 Å². The number of benzene rings is 2. The van der Waals surface area contributed by atoms with E-state index in [9.17, 15) is 26.4 Å². The minimum atomic E-state index is -4.49. The molecule has 3 aromatic rings. The summed E-state index contributed by atoms with van der Waals surface area (Å²) in [5.74, 6) is -0.311. The van der Waals surface area contributed by atoms with E-state index in [2.05, 4.69) is 4.72 Å². The van der Waals surface area contributed by atoms with E-state index in [0.717, 1.165) is 17.7 Å². The van der Waals surface area contributed by atoms with Crippen molar-refractivity contribution in [3.05, 3.63) is 76.0 Å². The molecule has 0 spiro atoms. The van der Waals surface area contributed by atoms with Crippen molar-refractivity contribution in [3.8, 4) is 11.1 Å². The normalized spacial score (nSPS) is 12.1. The topological polar surface area (TPSA) is 63.2 Å². The van der Waals surface area contributed by atoms with Crippen molar-refractivity contribution in [1.82, 2.24) is 4.72 Å². The fourth-order valence-corrected chi connectivity index (χ4v) is 4.96. The van der Waals surface area contributed by atoms with E-state index in [1.54, 1.807) is 13.0 Å². The summed E-state index contributed by atoms with van der Waals surface area (Å²) in [5.41, 5.74) is 1.52. The van der Waals surface area contributed by atoms with Crippen molar-refractivity contribution in [2.45, 2.75) is 30.8 Å². The maximum absolute atomic E-state index is 12.9. The van der Waals surface area contributed by atoms with Crippen LogP contribution in [0, 0.1) is 0 Å². The van der Waals surface area contributed by atoms with Gasteiger partial charge in [-0.15, -0.1) is 0 Å². The maximum Gasteiger partial charge on any atom is 0.416 e. The molecule has 4 nitrogen and oxygen atoms in total. The van der Waals surface area contributed by atoms with Crippen molar-refractivity contribution in [3.63, 3.8) is 0 Å². The van der Waals surface area contributed by atoms with E-state index < -0.39 is 21.8 Å². The highest BCUT2D eigenvalue weighted by Crippen LogP contribution is 2.31. The van der Waals surface area contributed by atoms with E-state index in [0.29, 0.717) is 11.1 Å². The number of hydrogen-bond acceptors (Lipinski definition) is 4. The molecule has 9 heteroatoms. The number of Topliss-reactive ketones (excluding diaryl/α,β-unsaturated/α-hetero) is 1. The van der Waals surface area contributed by atoms with Crippen molar-refractivity contribution in [2.24, 2.45) is 0 Å². The number of nitrogens with one attached hydrogen (secondary N) is 1. The molecule has 0 bridgehead atoms. The van der Waals surface area contributed by atoms with E-state index in [1.165, 1.54) is 35.6 Å². The molecule has 164 valence electrons. The molecule has 0 radical (unpaired) electrons. The van der Waals surface area contributed by atoms with E-state index in [-0.39, 0.29) is 35.6 Å². The highest BCUT2D eigenvalue weighted by molar-refractivity contribution is 7.89. The number of hydrogen-bond donors (Lipinski definition) is 1. The average molecular weight is 468 g/mol. The first-order chi connectivity index (χ1) is 14.6. The van der Waals surface area contributed by atoms with Gasteiger partial charge in [-0.25, -0.2) is 13.1 Å². The third-order valence-electron chi connectivity index (χ3n) is 4.60. The molecule has 2 aromatic carbocycles. The van der Waals surface area contributed by atoms with Crippen LogP contribution in [0.4, 0.5) is 13.2 Å². The Morgan fingerprint density at radius 3 is 2.48 bits per heavy atom. The van der Waals surface area contributed by atoms with E-state index >= 15 is 0 Å². The first-order valence-corrected chi connectivity index (χ1v) is 11.9. The van der Waals surface area contributed by atoms with Crippen LogP contribution in [0.5, 0.6) is 0 Å². The zero-order valence-electron chi connectivity index (χ0n) is 16.6. The summed E-state index contributed by atoms with van der Waals surface area (Å²) in [7, 11) is -3.72. The third kappa shape index (κ3) is 5.81. The predicted octanol–water partition coefficient (Wildman–Crippen LogP) is 5.09.